The minimum Gasteiger partial charge on any atom is -0.481 e. The van der Waals surface area contributed by atoms with Crippen LogP contribution in [0.25, 0.3) is 10.8 Å². The maximum Gasteiger partial charge on any atom is 0.344 e. The number of esters is 1. The zero-order valence-electron chi connectivity index (χ0n) is 13.3. The van der Waals surface area contributed by atoms with Crippen LogP contribution in [0.2, 0.25) is 0 Å². The van der Waals surface area contributed by atoms with E-state index in [0.717, 1.165) is 26.5 Å². The summed E-state index contributed by atoms with van der Waals surface area (Å²) in [6.45, 7) is 3.55. The number of ether oxygens (including phenoxy) is 2. The van der Waals surface area contributed by atoms with E-state index in [0.29, 0.717) is 11.5 Å². The predicted molar refractivity (Wildman–Crippen MR) is 92.9 cm³/mol. The number of rotatable bonds is 5. The van der Waals surface area contributed by atoms with Gasteiger partial charge in [0.15, 0.2) is 6.61 Å². The molecule has 6 heteroatoms. The molecule has 24 heavy (non-hydrogen) atoms. The molecular weight excluding hydrogens is 374 g/mol. The molecule has 0 aliphatic rings. The Bertz CT molecular complexity index is 868. The maximum atomic E-state index is 11.9. The van der Waals surface area contributed by atoms with Crippen LogP contribution < -0.4 is 4.74 Å². The number of hydrogen-bond acceptors (Lipinski definition) is 5. The topological polar surface area (TPSA) is 61.6 Å². The Balaban J connectivity index is 1.61. The highest BCUT2D eigenvalue weighted by Crippen LogP contribution is 2.33. The first-order valence-electron chi connectivity index (χ1n) is 7.43. The zero-order chi connectivity index (χ0) is 17.1. The average molecular weight is 390 g/mol. The van der Waals surface area contributed by atoms with Crippen molar-refractivity contribution in [2.24, 2.45) is 0 Å². The standard InChI is InChI=1S/C18H16BrNO4/c1-11-15(12(2)24-20-11)9-23-17(21)10-22-16-8-7-13-5-3-4-6-14(13)18(16)19/h3-8H,9-10H2,1-2H3. The highest BCUT2D eigenvalue weighted by atomic mass is 79.9. The Hall–Kier alpha value is -2.34. The number of fused-ring (bicyclic) bond motifs is 1. The van der Waals surface area contributed by atoms with Crippen molar-refractivity contribution < 1.29 is 18.8 Å². The summed E-state index contributed by atoms with van der Waals surface area (Å²) >= 11 is 3.52. The van der Waals surface area contributed by atoms with E-state index >= 15 is 0 Å². The van der Waals surface area contributed by atoms with Gasteiger partial charge in [0.05, 0.1) is 15.7 Å². The molecule has 0 aliphatic heterocycles. The van der Waals surface area contributed by atoms with E-state index in [2.05, 4.69) is 21.1 Å². The van der Waals surface area contributed by atoms with E-state index in [-0.39, 0.29) is 13.2 Å². The fourth-order valence-corrected chi connectivity index (χ4v) is 2.97. The summed E-state index contributed by atoms with van der Waals surface area (Å²) in [5.74, 6) is 0.802. The molecule has 124 valence electrons. The van der Waals surface area contributed by atoms with Crippen molar-refractivity contribution >= 4 is 32.7 Å². The quantitative estimate of drug-likeness (QED) is 0.607. The summed E-state index contributed by atoms with van der Waals surface area (Å²) in [6, 6.07) is 11.7. The number of carbonyl (C=O) groups is 1. The van der Waals surface area contributed by atoms with Gasteiger partial charge in [0.1, 0.15) is 18.1 Å². The molecule has 0 saturated carbocycles. The minimum atomic E-state index is -0.449. The Labute approximate surface area is 147 Å². The monoisotopic (exact) mass is 389 g/mol. The van der Waals surface area contributed by atoms with Crippen molar-refractivity contribution in [2.45, 2.75) is 20.5 Å². The fourth-order valence-electron chi connectivity index (χ4n) is 2.36. The van der Waals surface area contributed by atoms with E-state index in [9.17, 15) is 4.79 Å². The van der Waals surface area contributed by atoms with Crippen LogP contribution in [0.5, 0.6) is 5.75 Å². The molecule has 0 aliphatic carbocycles. The molecule has 1 heterocycles. The predicted octanol–water partition coefficient (Wildman–Crippen LogP) is 4.33. The Morgan fingerprint density at radius 2 is 2.00 bits per heavy atom. The van der Waals surface area contributed by atoms with Crippen molar-refractivity contribution in [3.05, 3.63) is 57.9 Å². The van der Waals surface area contributed by atoms with Gasteiger partial charge in [0.25, 0.3) is 0 Å². The lowest BCUT2D eigenvalue weighted by atomic mass is 10.1. The highest BCUT2D eigenvalue weighted by Gasteiger charge is 2.13. The maximum absolute atomic E-state index is 11.9. The average Bonchev–Trinajstić information content (AvgIpc) is 2.91. The Morgan fingerprint density at radius 3 is 2.75 bits per heavy atom. The second kappa shape index (κ2) is 7.05. The summed E-state index contributed by atoms with van der Waals surface area (Å²) in [6.07, 6.45) is 0. The van der Waals surface area contributed by atoms with Gasteiger partial charge in [-0.15, -0.1) is 0 Å². The van der Waals surface area contributed by atoms with Gasteiger partial charge in [-0.25, -0.2) is 4.79 Å². The van der Waals surface area contributed by atoms with Gasteiger partial charge in [0.2, 0.25) is 0 Å². The van der Waals surface area contributed by atoms with E-state index in [1.54, 1.807) is 6.92 Å². The van der Waals surface area contributed by atoms with Gasteiger partial charge in [-0.1, -0.05) is 35.5 Å². The SMILES string of the molecule is Cc1noc(C)c1COC(=O)COc1ccc2ccccc2c1Br. The number of aryl methyl sites for hydroxylation is 2. The molecule has 2 aromatic carbocycles. The third-order valence-corrected chi connectivity index (χ3v) is 4.55. The fraction of sp³-hybridized carbons (Fsp3) is 0.222. The second-order valence-electron chi connectivity index (χ2n) is 5.35. The van der Waals surface area contributed by atoms with E-state index in [4.69, 9.17) is 14.0 Å². The van der Waals surface area contributed by atoms with E-state index < -0.39 is 5.97 Å². The third-order valence-electron chi connectivity index (χ3n) is 3.73. The van der Waals surface area contributed by atoms with Crippen molar-refractivity contribution in [3.63, 3.8) is 0 Å². The smallest absolute Gasteiger partial charge is 0.344 e. The van der Waals surface area contributed by atoms with Crippen LogP contribution in [0.1, 0.15) is 17.0 Å². The van der Waals surface area contributed by atoms with Crippen LogP contribution in [0, 0.1) is 13.8 Å². The number of benzene rings is 2. The van der Waals surface area contributed by atoms with Gasteiger partial charge in [-0.3, -0.25) is 0 Å². The molecule has 0 bridgehead atoms. The lowest BCUT2D eigenvalue weighted by Crippen LogP contribution is -2.15. The van der Waals surface area contributed by atoms with Gasteiger partial charge in [-0.2, -0.15) is 0 Å². The van der Waals surface area contributed by atoms with Gasteiger partial charge in [0, 0.05) is 0 Å². The first-order valence-corrected chi connectivity index (χ1v) is 8.23. The Morgan fingerprint density at radius 1 is 1.21 bits per heavy atom. The van der Waals surface area contributed by atoms with Crippen LogP contribution in [0.4, 0.5) is 0 Å². The summed E-state index contributed by atoms with van der Waals surface area (Å²) in [7, 11) is 0. The van der Waals surface area contributed by atoms with Crippen LogP contribution in [-0.2, 0) is 16.1 Å². The first kappa shape index (κ1) is 16.5. The van der Waals surface area contributed by atoms with Crippen molar-refractivity contribution in [1.29, 1.82) is 0 Å². The molecule has 3 rings (SSSR count). The minimum absolute atomic E-state index is 0.127. The summed E-state index contributed by atoms with van der Waals surface area (Å²) in [4.78, 5) is 11.9. The molecule has 5 nitrogen and oxygen atoms in total. The highest BCUT2D eigenvalue weighted by molar-refractivity contribution is 9.10. The van der Waals surface area contributed by atoms with Gasteiger partial charge in [-0.05, 0) is 46.6 Å². The van der Waals surface area contributed by atoms with Gasteiger partial charge >= 0.3 is 5.97 Å². The molecule has 0 saturated heterocycles. The number of halogens is 1. The van der Waals surface area contributed by atoms with Crippen molar-refractivity contribution in [3.8, 4) is 5.75 Å². The molecule has 0 radical (unpaired) electrons. The van der Waals surface area contributed by atoms with Gasteiger partial charge < -0.3 is 14.0 Å². The second-order valence-corrected chi connectivity index (χ2v) is 6.14. The first-order chi connectivity index (χ1) is 11.6. The number of aromatic nitrogens is 1. The molecule has 0 atom stereocenters. The number of hydrogen-bond donors (Lipinski definition) is 0. The lowest BCUT2D eigenvalue weighted by Gasteiger charge is -2.10. The van der Waals surface area contributed by atoms with Crippen molar-refractivity contribution in [2.75, 3.05) is 6.61 Å². The van der Waals surface area contributed by atoms with Crippen LogP contribution >= 0.6 is 15.9 Å². The largest absolute Gasteiger partial charge is 0.481 e. The zero-order valence-corrected chi connectivity index (χ0v) is 14.9. The summed E-state index contributed by atoms with van der Waals surface area (Å²) < 4.78 is 16.6. The van der Waals surface area contributed by atoms with E-state index in [1.165, 1.54) is 0 Å². The third kappa shape index (κ3) is 3.43. The summed E-state index contributed by atoms with van der Waals surface area (Å²) in [5.41, 5.74) is 1.51. The normalized spacial score (nSPS) is 10.8. The Kier molecular flexibility index (Phi) is 4.85. The molecule has 1 aromatic heterocycles. The van der Waals surface area contributed by atoms with Crippen LogP contribution in [-0.4, -0.2) is 17.7 Å². The molecule has 3 aromatic rings. The molecule has 0 spiro atoms. The molecular formula is C18H16BrNO4. The van der Waals surface area contributed by atoms with E-state index in [1.807, 2.05) is 43.3 Å². The molecule has 0 unspecified atom stereocenters. The number of nitrogens with zero attached hydrogens (tertiary/aromatic N) is 1. The molecule has 0 fully saturated rings. The summed E-state index contributed by atoms with van der Waals surface area (Å²) in [5, 5.41) is 5.95. The molecule has 0 N–H and O–H groups in total. The van der Waals surface area contributed by atoms with Crippen LogP contribution in [0.15, 0.2) is 45.4 Å². The molecule has 0 amide bonds. The van der Waals surface area contributed by atoms with Crippen LogP contribution in [0.3, 0.4) is 0 Å². The van der Waals surface area contributed by atoms with Crippen molar-refractivity contribution in [1.82, 2.24) is 5.16 Å². The lowest BCUT2D eigenvalue weighted by molar-refractivity contribution is -0.147. The number of carbonyl (C=O) groups excluding carboxylic acids is 1.